The quantitative estimate of drug-likeness (QED) is 0.584. The Bertz CT molecular complexity index is 419. The SMILES string of the molecule is CCN(CC)CCCNC(=O)/C=C/c1ccc(C)cc1. The van der Waals surface area contributed by atoms with E-state index in [2.05, 4.69) is 31.0 Å². The number of nitrogens with one attached hydrogen (secondary N) is 1. The summed E-state index contributed by atoms with van der Waals surface area (Å²) in [6, 6.07) is 8.11. The van der Waals surface area contributed by atoms with Gasteiger partial charge in [0.1, 0.15) is 0 Å². The van der Waals surface area contributed by atoms with Crippen LogP contribution in [0.4, 0.5) is 0 Å². The first-order valence-corrected chi connectivity index (χ1v) is 7.40. The van der Waals surface area contributed by atoms with Gasteiger partial charge in [-0.15, -0.1) is 0 Å². The van der Waals surface area contributed by atoms with Gasteiger partial charge in [0, 0.05) is 12.6 Å². The lowest BCUT2D eigenvalue weighted by molar-refractivity contribution is -0.116. The smallest absolute Gasteiger partial charge is 0.243 e. The highest BCUT2D eigenvalue weighted by Crippen LogP contribution is 2.04. The molecule has 20 heavy (non-hydrogen) atoms. The molecule has 0 aliphatic rings. The molecule has 0 spiro atoms. The Hall–Kier alpha value is -1.61. The third-order valence-electron chi connectivity index (χ3n) is 3.35. The Kier molecular flexibility index (Phi) is 7.66. The van der Waals surface area contributed by atoms with Crippen LogP contribution in [0.1, 0.15) is 31.4 Å². The predicted octanol–water partition coefficient (Wildman–Crippen LogP) is 2.86. The maximum atomic E-state index is 11.7. The van der Waals surface area contributed by atoms with Gasteiger partial charge in [-0.1, -0.05) is 43.7 Å². The van der Waals surface area contributed by atoms with E-state index >= 15 is 0 Å². The highest BCUT2D eigenvalue weighted by Gasteiger charge is 1.99. The summed E-state index contributed by atoms with van der Waals surface area (Å²) in [6.07, 6.45) is 4.44. The zero-order valence-electron chi connectivity index (χ0n) is 12.9. The fourth-order valence-electron chi connectivity index (χ4n) is 1.96. The van der Waals surface area contributed by atoms with Gasteiger partial charge in [-0.3, -0.25) is 4.79 Å². The first-order chi connectivity index (χ1) is 9.65. The number of hydrogen-bond acceptors (Lipinski definition) is 2. The standard InChI is InChI=1S/C17H26N2O/c1-4-19(5-2)14-6-13-18-17(20)12-11-16-9-7-15(3)8-10-16/h7-12H,4-6,13-14H2,1-3H3,(H,18,20)/b12-11+. The van der Waals surface area contributed by atoms with E-state index in [4.69, 9.17) is 0 Å². The summed E-state index contributed by atoms with van der Waals surface area (Å²) in [5.74, 6) is -0.0230. The van der Waals surface area contributed by atoms with E-state index in [1.54, 1.807) is 6.08 Å². The van der Waals surface area contributed by atoms with E-state index in [0.717, 1.165) is 38.2 Å². The molecule has 3 nitrogen and oxygen atoms in total. The first-order valence-electron chi connectivity index (χ1n) is 7.40. The second-order valence-corrected chi connectivity index (χ2v) is 4.92. The van der Waals surface area contributed by atoms with E-state index in [1.165, 1.54) is 5.56 Å². The van der Waals surface area contributed by atoms with Crippen LogP contribution in [-0.2, 0) is 4.79 Å². The summed E-state index contributed by atoms with van der Waals surface area (Å²) in [5, 5.41) is 2.92. The Labute approximate surface area is 122 Å². The van der Waals surface area contributed by atoms with Gasteiger partial charge in [0.15, 0.2) is 0 Å². The molecule has 1 rings (SSSR count). The van der Waals surface area contributed by atoms with E-state index in [1.807, 2.05) is 30.3 Å². The molecule has 0 fully saturated rings. The molecule has 110 valence electrons. The zero-order valence-corrected chi connectivity index (χ0v) is 12.9. The molecule has 3 heteroatoms. The van der Waals surface area contributed by atoms with Crippen LogP contribution in [0.15, 0.2) is 30.3 Å². The zero-order chi connectivity index (χ0) is 14.8. The van der Waals surface area contributed by atoms with Crippen LogP contribution in [0.25, 0.3) is 6.08 Å². The van der Waals surface area contributed by atoms with Gasteiger partial charge in [0.2, 0.25) is 5.91 Å². The van der Waals surface area contributed by atoms with Crippen LogP contribution >= 0.6 is 0 Å². The minimum atomic E-state index is -0.0230. The highest BCUT2D eigenvalue weighted by atomic mass is 16.1. The van der Waals surface area contributed by atoms with Gasteiger partial charge in [0.05, 0.1) is 0 Å². The van der Waals surface area contributed by atoms with E-state index < -0.39 is 0 Å². The normalized spacial score (nSPS) is 11.2. The second-order valence-electron chi connectivity index (χ2n) is 4.92. The van der Waals surface area contributed by atoms with Gasteiger partial charge in [-0.25, -0.2) is 0 Å². The molecule has 0 aromatic heterocycles. The number of amides is 1. The van der Waals surface area contributed by atoms with Crippen LogP contribution in [0.3, 0.4) is 0 Å². The molecule has 0 aliphatic heterocycles. The van der Waals surface area contributed by atoms with Crippen molar-refractivity contribution in [2.75, 3.05) is 26.2 Å². The largest absolute Gasteiger partial charge is 0.353 e. The highest BCUT2D eigenvalue weighted by molar-refractivity contribution is 5.91. The van der Waals surface area contributed by atoms with Crippen molar-refractivity contribution in [2.24, 2.45) is 0 Å². The third-order valence-corrected chi connectivity index (χ3v) is 3.35. The summed E-state index contributed by atoms with van der Waals surface area (Å²) < 4.78 is 0. The topological polar surface area (TPSA) is 32.3 Å². The molecule has 1 amide bonds. The van der Waals surface area contributed by atoms with Crippen molar-refractivity contribution >= 4 is 12.0 Å². The van der Waals surface area contributed by atoms with Crippen LogP contribution in [0, 0.1) is 6.92 Å². The van der Waals surface area contributed by atoms with Crippen molar-refractivity contribution in [1.82, 2.24) is 10.2 Å². The molecular formula is C17H26N2O. The molecule has 0 radical (unpaired) electrons. The van der Waals surface area contributed by atoms with Crippen LogP contribution in [0.2, 0.25) is 0 Å². The molecule has 0 heterocycles. The Balaban J connectivity index is 2.24. The van der Waals surface area contributed by atoms with E-state index in [0.29, 0.717) is 0 Å². The second kappa shape index (κ2) is 9.32. The van der Waals surface area contributed by atoms with Crippen molar-refractivity contribution in [3.8, 4) is 0 Å². The van der Waals surface area contributed by atoms with Crippen molar-refractivity contribution in [1.29, 1.82) is 0 Å². The predicted molar refractivity (Wildman–Crippen MR) is 85.6 cm³/mol. The number of aryl methyl sites for hydroxylation is 1. The Morgan fingerprint density at radius 1 is 1.20 bits per heavy atom. The van der Waals surface area contributed by atoms with Crippen LogP contribution in [-0.4, -0.2) is 37.0 Å². The van der Waals surface area contributed by atoms with Crippen LogP contribution in [0.5, 0.6) is 0 Å². The minimum absolute atomic E-state index is 0.0230. The minimum Gasteiger partial charge on any atom is -0.353 e. The van der Waals surface area contributed by atoms with Gasteiger partial charge < -0.3 is 10.2 Å². The summed E-state index contributed by atoms with van der Waals surface area (Å²) in [7, 11) is 0. The number of carbonyl (C=O) groups is 1. The summed E-state index contributed by atoms with van der Waals surface area (Å²) in [4.78, 5) is 14.0. The van der Waals surface area contributed by atoms with E-state index in [9.17, 15) is 4.79 Å². The summed E-state index contributed by atoms with van der Waals surface area (Å²) in [5.41, 5.74) is 2.27. The van der Waals surface area contributed by atoms with E-state index in [-0.39, 0.29) is 5.91 Å². The lowest BCUT2D eigenvalue weighted by Crippen LogP contribution is -2.29. The maximum absolute atomic E-state index is 11.7. The molecular weight excluding hydrogens is 248 g/mol. The molecule has 1 aromatic rings. The number of benzene rings is 1. The monoisotopic (exact) mass is 274 g/mol. The van der Waals surface area contributed by atoms with Crippen molar-refractivity contribution < 1.29 is 4.79 Å². The van der Waals surface area contributed by atoms with Gasteiger partial charge in [0.25, 0.3) is 0 Å². The van der Waals surface area contributed by atoms with Crippen molar-refractivity contribution in [3.05, 3.63) is 41.5 Å². The molecule has 0 aliphatic carbocycles. The van der Waals surface area contributed by atoms with Gasteiger partial charge in [-0.2, -0.15) is 0 Å². The molecule has 0 saturated carbocycles. The average Bonchev–Trinajstić information content (AvgIpc) is 2.47. The number of carbonyl (C=O) groups excluding carboxylic acids is 1. The van der Waals surface area contributed by atoms with Gasteiger partial charge in [-0.05, 0) is 44.6 Å². The summed E-state index contributed by atoms with van der Waals surface area (Å²) in [6.45, 7) is 10.3. The van der Waals surface area contributed by atoms with Crippen molar-refractivity contribution in [3.63, 3.8) is 0 Å². The molecule has 1 aromatic carbocycles. The number of nitrogens with zero attached hydrogens (tertiary/aromatic N) is 1. The molecule has 0 atom stereocenters. The Morgan fingerprint density at radius 2 is 1.85 bits per heavy atom. The first kappa shape index (κ1) is 16.4. The maximum Gasteiger partial charge on any atom is 0.243 e. The fourth-order valence-corrected chi connectivity index (χ4v) is 1.96. The molecule has 1 N–H and O–H groups in total. The third kappa shape index (κ3) is 6.53. The Morgan fingerprint density at radius 3 is 2.45 bits per heavy atom. The molecule has 0 saturated heterocycles. The summed E-state index contributed by atoms with van der Waals surface area (Å²) >= 11 is 0. The number of hydrogen-bond donors (Lipinski definition) is 1. The molecule has 0 unspecified atom stereocenters. The van der Waals surface area contributed by atoms with Crippen molar-refractivity contribution in [2.45, 2.75) is 27.2 Å². The molecule has 0 bridgehead atoms. The fraction of sp³-hybridized carbons (Fsp3) is 0.471. The average molecular weight is 274 g/mol. The lowest BCUT2D eigenvalue weighted by Gasteiger charge is -2.17. The van der Waals surface area contributed by atoms with Crippen LogP contribution < -0.4 is 5.32 Å². The van der Waals surface area contributed by atoms with Gasteiger partial charge >= 0.3 is 0 Å². The number of rotatable bonds is 8. The lowest BCUT2D eigenvalue weighted by atomic mass is 10.1.